The minimum Gasteiger partial charge on any atom is -0.350 e. The molecule has 2 aromatic rings. The van der Waals surface area contributed by atoms with Gasteiger partial charge in [-0.05, 0) is 54.3 Å². The minimum absolute atomic E-state index is 0.205. The van der Waals surface area contributed by atoms with Crippen LogP contribution in [-0.2, 0) is 32.6 Å². The van der Waals surface area contributed by atoms with Crippen molar-refractivity contribution < 1.29 is 18.0 Å². The summed E-state index contributed by atoms with van der Waals surface area (Å²) in [7, 11) is -3.57. The van der Waals surface area contributed by atoms with E-state index in [1.54, 1.807) is 30.3 Å². The molecule has 1 unspecified atom stereocenters. The van der Waals surface area contributed by atoms with E-state index in [4.69, 9.17) is 11.6 Å². The van der Waals surface area contributed by atoms with E-state index in [1.165, 1.54) is 22.2 Å². The largest absolute Gasteiger partial charge is 0.350 e. The molecule has 2 amide bonds. The Bertz CT molecular complexity index is 1130. The second-order valence-corrected chi connectivity index (χ2v) is 10.2. The molecule has 0 bridgehead atoms. The van der Waals surface area contributed by atoms with Crippen LogP contribution in [0.2, 0.25) is 5.02 Å². The van der Waals surface area contributed by atoms with Crippen molar-refractivity contribution >= 4 is 39.1 Å². The van der Waals surface area contributed by atoms with Crippen LogP contribution >= 0.6 is 11.6 Å². The first-order chi connectivity index (χ1) is 14.8. The van der Waals surface area contributed by atoms with E-state index in [9.17, 15) is 18.0 Å². The zero-order valence-electron chi connectivity index (χ0n) is 17.2. The Morgan fingerprint density at radius 1 is 1.13 bits per heavy atom. The number of hydrogen-bond acceptors (Lipinski definition) is 4. The molecule has 0 radical (unpaired) electrons. The number of halogens is 1. The Morgan fingerprint density at radius 3 is 2.55 bits per heavy atom. The van der Waals surface area contributed by atoms with Gasteiger partial charge in [0.2, 0.25) is 21.8 Å². The van der Waals surface area contributed by atoms with Gasteiger partial charge >= 0.3 is 0 Å². The maximum Gasteiger partial charge on any atom is 0.243 e. The number of nitrogens with zero attached hydrogens (tertiary/aromatic N) is 2. The van der Waals surface area contributed by atoms with Gasteiger partial charge in [0.1, 0.15) is 6.04 Å². The van der Waals surface area contributed by atoms with E-state index < -0.39 is 16.1 Å². The molecule has 1 fully saturated rings. The summed E-state index contributed by atoms with van der Waals surface area (Å²) in [5.41, 5.74) is 2.11. The summed E-state index contributed by atoms with van der Waals surface area (Å²) >= 11 is 5.99. The smallest absolute Gasteiger partial charge is 0.243 e. The average Bonchev–Trinajstić information content (AvgIpc) is 3.40. The predicted octanol–water partition coefficient (Wildman–Crippen LogP) is 2.72. The highest BCUT2D eigenvalue weighted by molar-refractivity contribution is 7.89. The van der Waals surface area contributed by atoms with E-state index in [2.05, 4.69) is 5.32 Å². The zero-order valence-corrected chi connectivity index (χ0v) is 18.7. The molecule has 0 saturated carbocycles. The van der Waals surface area contributed by atoms with Gasteiger partial charge in [-0.2, -0.15) is 4.31 Å². The fourth-order valence-corrected chi connectivity index (χ4v) is 6.00. The lowest BCUT2D eigenvalue weighted by atomic mass is 10.1. The molecule has 2 aromatic carbocycles. The Morgan fingerprint density at radius 2 is 1.87 bits per heavy atom. The Balaban J connectivity index is 1.55. The predicted molar refractivity (Wildman–Crippen MR) is 118 cm³/mol. The van der Waals surface area contributed by atoms with Crippen LogP contribution < -0.4 is 10.2 Å². The topological polar surface area (TPSA) is 86.8 Å². The van der Waals surface area contributed by atoms with Gasteiger partial charge in [-0.25, -0.2) is 8.42 Å². The molecule has 0 aliphatic carbocycles. The standard InChI is InChI=1S/C22H24ClN3O4S/c1-15(27)26-20-8-7-19(31(29,30)25-9-2-3-10-25)12-17(20)13-21(26)22(28)24-14-16-5-4-6-18(23)11-16/h4-8,11-12,21H,2-3,9-10,13-14H2,1H3,(H,24,28). The van der Waals surface area contributed by atoms with E-state index in [-0.39, 0.29) is 29.7 Å². The minimum atomic E-state index is -3.57. The molecular formula is C22H24ClN3O4S. The van der Waals surface area contributed by atoms with Crippen LogP contribution in [0.3, 0.4) is 0 Å². The lowest BCUT2D eigenvalue weighted by molar-refractivity contribution is -0.125. The van der Waals surface area contributed by atoms with Crippen LogP contribution in [-0.4, -0.2) is 43.7 Å². The van der Waals surface area contributed by atoms with Crippen LogP contribution in [0.5, 0.6) is 0 Å². The Labute approximate surface area is 187 Å². The first kappa shape index (κ1) is 21.8. The highest BCUT2D eigenvalue weighted by atomic mass is 35.5. The third kappa shape index (κ3) is 4.33. The molecule has 1 N–H and O–H groups in total. The van der Waals surface area contributed by atoms with E-state index in [1.807, 2.05) is 6.07 Å². The second-order valence-electron chi connectivity index (χ2n) is 7.86. The molecule has 0 spiro atoms. The zero-order chi connectivity index (χ0) is 22.2. The molecule has 2 aliphatic rings. The summed E-state index contributed by atoms with van der Waals surface area (Å²) in [4.78, 5) is 26.9. The quantitative estimate of drug-likeness (QED) is 0.741. The first-order valence-electron chi connectivity index (χ1n) is 10.2. The van der Waals surface area contributed by atoms with E-state index in [0.717, 1.165) is 18.4 Å². The van der Waals surface area contributed by atoms with Gasteiger partial charge in [-0.3, -0.25) is 14.5 Å². The fraction of sp³-hybridized carbons (Fsp3) is 0.364. The summed E-state index contributed by atoms with van der Waals surface area (Å²) in [6.45, 7) is 2.73. The highest BCUT2D eigenvalue weighted by Gasteiger charge is 2.38. The summed E-state index contributed by atoms with van der Waals surface area (Å²) in [6, 6.07) is 11.2. The van der Waals surface area contributed by atoms with Crippen molar-refractivity contribution in [2.45, 2.75) is 43.7 Å². The summed E-state index contributed by atoms with van der Waals surface area (Å²) < 4.78 is 27.3. The van der Waals surface area contributed by atoms with Crippen molar-refractivity contribution in [3.63, 3.8) is 0 Å². The first-order valence-corrected chi connectivity index (χ1v) is 12.0. The lowest BCUT2D eigenvalue weighted by Crippen LogP contribution is -2.47. The number of amides is 2. The van der Waals surface area contributed by atoms with Gasteiger partial charge in [0, 0.05) is 43.7 Å². The van der Waals surface area contributed by atoms with Gasteiger partial charge in [-0.1, -0.05) is 23.7 Å². The maximum atomic E-state index is 12.9. The van der Waals surface area contributed by atoms with Gasteiger partial charge in [0.15, 0.2) is 0 Å². The van der Waals surface area contributed by atoms with Crippen molar-refractivity contribution in [1.82, 2.24) is 9.62 Å². The van der Waals surface area contributed by atoms with Crippen LogP contribution in [0.4, 0.5) is 5.69 Å². The molecule has 1 atom stereocenters. The third-order valence-electron chi connectivity index (χ3n) is 5.74. The molecule has 7 nitrogen and oxygen atoms in total. The van der Waals surface area contributed by atoms with Crippen LogP contribution in [0.1, 0.15) is 30.9 Å². The van der Waals surface area contributed by atoms with Crippen molar-refractivity contribution in [3.8, 4) is 0 Å². The molecule has 9 heteroatoms. The number of nitrogens with one attached hydrogen (secondary N) is 1. The average molecular weight is 462 g/mol. The number of rotatable bonds is 5. The SMILES string of the molecule is CC(=O)N1c2ccc(S(=O)(=O)N3CCCC3)cc2CC1C(=O)NCc1cccc(Cl)c1. The van der Waals surface area contributed by atoms with Crippen LogP contribution in [0, 0.1) is 0 Å². The highest BCUT2D eigenvalue weighted by Crippen LogP contribution is 2.35. The van der Waals surface area contributed by atoms with E-state index >= 15 is 0 Å². The van der Waals surface area contributed by atoms with Crippen molar-refractivity contribution in [3.05, 3.63) is 58.6 Å². The molecule has 0 aromatic heterocycles. The molecule has 2 aliphatic heterocycles. The third-order valence-corrected chi connectivity index (χ3v) is 7.87. The second kappa shape index (κ2) is 8.61. The Kier molecular flexibility index (Phi) is 6.05. The van der Waals surface area contributed by atoms with Gasteiger partial charge in [0.25, 0.3) is 0 Å². The number of hydrogen-bond donors (Lipinski definition) is 1. The molecule has 31 heavy (non-hydrogen) atoms. The molecular weight excluding hydrogens is 438 g/mol. The number of fused-ring (bicyclic) bond motifs is 1. The number of carbonyl (C=O) groups is 2. The number of anilines is 1. The molecule has 4 rings (SSSR count). The van der Waals surface area contributed by atoms with Gasteiger partial charge < -0.3 is 5.32 Å². The normalized spacial score (nSPS) is 18.8. The summed E-state index contributed by atoms with van der Waals surface area (Å²) in [6.07, 6.45) is 1.98. The Hall–Kier alpha value is -2.42. The fourth-order valence-electron chi connectivity index (χ4n) is 4.22. The molecule has 1 saturated heterocycles. The van der Waals surface area contributed by atoms with Crippen molar-refractivity contribution in [2.24, 2.45) is 0 Å². The number of benzene rings is 2. The van der Waals surface area contributed by atoms with Crippen LogP contribution in [0.15, 0.2) is 47.4 Å². The maximum absolute atomic E-state index is 12.9. The summed E-state index contributed by atoms with van der Waals surface area (Å²) in [5.74, 6) is -0.563. The monoisotopic (exact) mass is 461 g/mol. The van der Waals surface area contributed by atoms with Crippen molar-refractivity contribution in [2.75, 3.05) is 18.0 Å². The van der Waals surface area contributed by atoms with E-state index in [0.29, 0.717) is 29.4 Å². The van der Waals surface area contributed by atoms with Crippen molar-refractivity contribution in [1.29, 1.82) is 0 Å². The van der Waals surface area contributed by atoms with Gasteiger partial charge in [-0.15, -0.1) is 0 Å². The molecule has 2 heterocycles. The summed E-state index contributed by atoms with van der Waals surface area (Å²) in [5, 5.41) is 3.44. The number of carbonyl (C=O) groups excluding carboxylic acids is 2. The number of sulfonamides is 1. The lowest BCUT2D eigenvalue weighted by Gasteiger charge is -2.23. The molecule has 164 valence electrons. The van der Waals surface area contributed by atoms with Gasteiger partial charge in [0.05, 0.1) is 4.90 Å². The van der Waals surface area contributed by atoms with Crippen LogP contribution in [0.25, 0.3) is 0 Å².